The zero-order valence-corrected chi connectivity index (χ0v) is 14.2. The fraction of sp³-hybridized carbons (Fsp3) is 0.947. The Labute approximate surface area is 138 Å². The van der Waals surface area contributed by atoms with Crippen molar-refractivity contribution in [3.8, 4) is 0 Å². The van der Waals surface area contributed by atoms with Crippen LogP contribution in [0.2, 0.25) is 0 Å². The quantitative estimate of drug-likeness (QED) is 0.636. The summed E-state index contributed by atoms with van der Waals surface area (Å²) in [7, 11) is 0. The molecule has 0 aromatic heterocycles. The van der Waals surface area contributed by atoms with Crippen molar-refractivity contribution in [2.75, 3.05) is 0 Å². The number of Topliss-reactive ketones (excluding diaryl/α,β-unsaturated/α-hetero) is 1. The molecular weight excluding hydrogens is 292 g/mol. The van der Waals surface area contributed by atoms with E-state index in [2.05, 4.69) is 6.92 Å². The fourth-order valence-corrected chi connectivity index (χ4v) is 7.04. The Morgan fingerprint density at radius 1 is 1.04 bits per heavy atom. The molecule has 4 fully saturated rings. The van der Waals surface area contributed by atoms with Crippen LogP contribution in [0.5, 0.6) is 0 Å². The molecule has 4 rings (SSSR count). The van der Waals surface area contributed by atoms with E-state index in [0.29, 0.717) is 24.2 Å². The summed E-state index contributed by atoms with van der Waals surface area (Å²) in [5, 5.41) is 31.5. The molecule has 4 aliphatic carbocycles. The first-order valence-corrected chi connectivity index (χ1v) is 9.36. The average Bonchev–Trinajstić information content (AvgIpc) is 2.73. The van der Waals surface area contributed by atoms with E-state index < -0.39 is 17.6 Å². The lowest BCUT2D eigenvalue weighted by molar-refractivity contribution is -0.178. The van der Waals surface area contributed by atoms with Gasteiger partial charge in [0, 0.05) is 12.3 Å². The normalized spacial score (nSPS) is 59.2. The van der Waals surface area contributed by atoms with Crippen molar-refractivity contribution >= 4 is 5.78 Å². The monoisotopic (exact) mass is 322 g/mol. The lowest BCUT2D eigenvalue weighted by atomic mass is 9.44. The van der Waals surface area contributed by atoms with E-state index in [4.69, 9.17) is 0 Å². The molecule has 23 heavy (non-hydrogen) atoms. The summed E-state index contributed by atoms with van der Waals surface area (Å²) >= 11 is 0. The summed E-state index contributed by atoms with van der Waals surface area (Å²) in [6, 6.07) is 0. The molecule has 4 heteroatoms. The third kappa shape index (κ3) is 1.98. The van der Waals surface area contributed by atoms with Crippen molar-refractivity contribution in [3.63, 3.8) is 0 Å². The molecule has 4 saturated carbocycles. The van der Waals surface area contributed by atoms with Crippen LogP contribution < -0.4 is 0 Å². The SMILES string of the molecule is C[C@]12CC[C@H](O)C[C@@H]1CC[C@H]1[C@@H]3[C@@H](O)CC(=O)[C@@]3(C)[C@@H](O)C[C@@H]12. The van der Waals surface area contributed by atoms with Gasteiger partial charge in [0.2, 0.25) is 0 Å². The number of carbonyl (C=O) groups is 1. The predicted octanol–water partition coefficient (Wildman–Crippen LogP) is 1.90. The molecule has 0 amide bonds. The van der Waals surface area contributed by atoms with Gasteiger partial charge in [0.05, 0.1) is 23.7 Å². The predicted molar refractivity (Wildman–Crippen MR) is 85.5 cm³/mol. The molecule has 0 unspecified atom stereocenters. The van der Waals surface area contributed by atoms with Crippen LogP contribution in [-0.2, 0) is 4.79 Å². The van der Waals surface area contributed by atoms with E-state index in [1.807, 2.05) is 6.92 Å². The second-order valence-electron chi connectivity index (χ2n) is 9.23. The maximum absolute atomic E-state index is 12.5. The minimum Gasteiger partial charge on any atom is -0.393 e. The number of aliphatic hydroxyl groups is 3. The molecule has 0 spiro atoms. The molecule has 0 aromatic rings. The van der Waals surface area contributed by atoms with Gasteiger partial charge in [-0.1, -0.05) is 6.92 Å². The number of hydrogen-bond donors (Lipinski definition) is 3. The first-order chi connectivity index (χ1) is 10.8. The van der Waals surface area contributed by atoms with Crippen LogP contribution in [0.1, 0.15) is 58.8 Å². The molecule has 0 aliphatic heterocycles. The summed E-state index contributed by atoms with van der Waals surface area (Å²) in [6.45, 7) is 4.22. The minimum atomic E-state index is -0.752. The van der Waals surface area contributed by atoms with Crippen molar-refractivity contribution in [1.82, 2.24) is 0 Å². The summed E-state index contributed by atoms with van der Waals surface area (Å²) in [6.07, 6.45) is 4.30. The first-order valence-electron chi connectivity index (χ1n) is 9.36. The van der Waals surface area contributed by atoms with Gasteiger partial charge in [-0.05, 0) is 68.6 Å². The summed E-state index contributed by atoms with van der Waals surface area (Å²) in [5.74, 6) is 1.17. The van der Waals surface area contributed by atoms with Gasteiger partial charge >= 0.3 is 0 Å². The van der Waals surface area contributed by atoms with E-state index >= 15 is 0 Å². The Bertz CT molecular complexity index is 519. The van der Waals surface area contributed by atoms with Crippen LogP contribution in [0.3, 0.4) is 0 Å². The van der Waals surface area contributed by atoms with E-state index in [1.54, 1.807) is 0 Å². The Balaban J connectivity index is 1.71. The van der Waals surface area contributed by atoms with Crippen LogP contribution in [-0.4, -0.2) is 39.4 Å². The third-order valence-corrected chi connectivity index (χ3v) is 8.45. The summed E-state index contributed by atoms with van der Waals surface area (Å²) < 4.78 is 0. The van der Waals surface area contributed by atoms with Crippen molar-refractivity contribution in [2.45, 2.75) is 77.1 Å². The van der Waals surface area contributed by atoms with Crippen molar-refractivity contribution < 1.29 is 20.1 Å². The second-order valence-corrected chi connectivity index (χ2v) is 9.23. The van der Waals surface area contributed by atoms with Gasteiger partial charge in [-0.25, -0.2) is 0 Å². The van der Waals surface area contributed by atoms with Crippen LogP contribution in [0.15, 0.2) is 0 Å². The first kappa shape index (κ1) is 16.0. The highest BCUT2D eigenvalue weighted by Crippen LogP contribution is 2.65. The standard InChI is InChI=1S/C19H30O4/c1-18-6-5-11(20)7-10(18)3-4-12-13(18)8-15(22)19(2)16(23)9-14(21)17(12)19/h10-15,17,20-22H,3-9H2,1-2H3/t10-,11-,12+,13-,14-,15-,17+,18-,19+/m0/s1. The topological polar surface area (TPSA) is 77.8 Å². The third-order valence-electron chi connectivity index (χ3n) is 8.45. The maximum Gasteiger partial charge on any atom is 0.144 e. The summed E-state index contributed by atoms with van der Waals surface area (Å²) in [4.78, 5) is 12.5. The van der Waals surface area contributed by atoms with E-state index in [-0.39, 0.29) is 29.6 Å². The van der Waals surface area contributed by atoms with E-state index in [0.717, 1.165) is 32.1 Å². The summed E-state index contributed by atoms with van der Waals surface area (Å²) in [5.41, 5.74) is -0.617. The number of carbonyl (C=O) groups excluding carboxylic acids is 1. The van der Waals surface area contributed by atoms with Crippen molar-refractivity contribution in [3.05, 3.63) is 0 Å². The van der Waals surface area contributed by atoms with Gasteiger partial charge < -0.3 is 15.3 Å². The Kier molecular flexibility index (Phi) is 3.51. The number of aliphatic hydroxyl groups excluding tert-OH is 3. The zero-order valence-electron chi connectivity index (χ0n) is 14.2. The molecule has 4 aliphatic rings. The molecular formula is C19H30O4. The molecule has 0 aromatic carbocycles. The van der Waals surface area contributed by atoms with Crippen molar-refractivity contribution in [1.29, 1.82) is 0 Å². The average molecular weight is 322 g/mol. The number of ketones is 1. The highest BCUT2D eigenvalue weighted by atomic mass is 16.3. The van der Waals surface area contributed by atoms with Crippen LogP contribution in [0.25, 0.3) is 0 Å². The van der Waals surface area contributed by atoms with Gasteiger partial charge in [-0.2, -0.15) is 0 Å². The molecule has 0 bridgehead atoms. The zero-order chi connectivity index (χ0) is 16.6. The van der Waals surface area contributed by atoms with Gasteiger partial charge in [0.1, 0.15) is 5.78 Å². The van der Waals surface area contributed by atoms with Gasteiger partial charge in [-0.15, -0.1) is 0 Å². The molecule has 4 nitrogen and oxygen atoms in total. The molecule has 0 radical (unpaired) electrons. The Morgan fingerprint density at radius 3 is 2.52 bits per heavy atom. The highest BCUT2D eigenvalue weighted by molar-refractivity contribution is 5.88. The number of fused-ring (bicyclic) bond motifs is 5. The van der Waals surface area contributed by atoms with Gasteiger partial charge in [-0.3, -0.25) is 4.79 Å². The molecule has 0 heterocycles. The number of rotatable bonds is 0. The smallest absolute Gasteiger partial charge is 0.144 e. The lowest BCUT2D eigenvalue weighted by Crippen LogP contribution is -2.59. The minimum absolute atomic E-state index is 0.0484. The van der Waals surface area contributed by atoms with Crippen LogP contribution in [0, 0.1) is 34.5 Å². The van der Waals surface area contributed by atoms with E-state index in [9.17, 15) is 20.1 Å². The highest BCUT2D eigenvalue weighted by Gasteiger charge is 2.65. The van der Waals surface area contributed by atoms with Crippen molar-refractivity contribution in [2.24, 2.45) is 34.5 Å². The lowest BCUT2D eigenvalue weighted by Gasteiger charge is -2.61. The van der Waals surface area contributed by atoms with E-state index in [1.165, 1.54) is 0 Å². The van der Waals surface area contributed by atoms with Crippen LogP contribution in [0.4, 0.5) is 0 Å². The molecule has 130 valence electrons. The molecule has 9 atom stereocenters. The second kappa shape index (κ2) is 5.03. The van der Waals surface area contributed by atoms with Crippen LogP contribution >= 0.6 is 0 Å². The van der Waals surface area contributed by atoms with Gasteiger partial charge in [0.15, 0.2) is 0 Å². The Morgan fingerprint density at radius 2 is 1.78 bits per heavy atom. The largest absolute Gasteiger partial charge is 0.393 e. The maximum atomic E-state index is 12.5. The molecule has 3 N–H and O–H groups in total. The molecule has 0 saturated heterocycles. The Hall–Kier alpha value is -0.450. The fourth-order valence-electron chi connectivity index (χ4n) is 7.04. The van der Waals surface area contributed by atoms with Gasteiger partial charge in [0.25, 0.3) is 0 Å². The number of hydrogen-bond acceptors (Lipinski definition) is 4.